The fraction of sp³-hybridized carbons (Fsp3) is 0.565. The lowest BCUT2D eigenvalue weighted by molar-refractivity contribution is 0.0588. The largest absolute Gasteiger partial charge is 0.348 e. The van der Waals surface area contributed by atoms with Gasteiger partial charge in [0.05, 0.1) is 6.33 Å². The van der Waals surface area contributed by atoms with Gasteiger partial charge in [-0.15, -0.1) is 0 Å². The van der Waals surface area contributed by atoms with Crippen LogP contribution in [0.2, 0.25) is 0 Å². The van der Waals surface area contributed by atoms with Gasteiger partial charge in [-0.05, 0) is 44.2 Å². The zero-order chi connectivity index (χ0) is 21.5. The third-order valence-corrected chi connectivity index (χ3v) is 7.05. The van der Waals surface area contributed by atoms with Gasteiger partial charge in [0.15, 0.2) is 0 Å². The Morgan fingerprint density at radius 3 is 2.48 bits per heavy atom. The van der Waals surface area contributed by atoms with Crippen LogP contribution in [0, 0.1) is 12.8 Å². The number of imidazole rings is 1. The highest BCUT2D eigenvalue weighted by Gasteiger charge is 2.38. The Bertz CT molecular complexity index is 1060. The summed E-state index contributed by atoms with van der Waals surface area (Å²) in [6, 6.07) is 3.64. The first-order valence-corrected chi connectivity index (χ1v) is 11.3. The summed E-state index contributed by atoms with van der Waals surface area (Å²) in [4.78, 5) is 50.2. The van der Waals surface area contributed by atoms with Gasteiger partial charge in [0.1, 0.15) is 11.3 Å². The zero-order valence-corrected chi connectivity index (χ0v) is 18.0. The predicted octanol–water partition coefficient (Wildman–Crippen LogP) is 2.16. The number of H-pyrrole nitrogens is 1. The number of likely N-dealkylation sites (tertiary alicyclic amines) is 2. The van der Waals surface area contributed by atoms with Gasteiger partial charge < -0.3 is 19.4 Å². The number of amides is 2. The number of carbonyl (C=O) groups is 2. The lowest BCUT2D eigenvalue weighted by Crippen LogP contribution is -2.50. The summed E-state index contributed by atoms with van der Waals surface area (Å²) < 4.78 is 1.80. The van der Waals surface area contributed by atoms with E-state index < -0.39 is 0 Å². The van der Waals surface area contributed by atoms with Crippen LogP contribution in [-0.4, -0.2) is 62.3 Å². The molecule has 8 nitrogen and oxygen atoms in total. The first kappa shape index (κ1) is 20.0. The van der Waals surface area contributed by atoms with Crippen molar-refractivity contribution in [2.24, 2.45) is 5.92 Å². The molecule has 3 aliphatic heterocycles. The summed E-state index contributed by atoms with van der Waals surface area (Å²) in [7, 11) is 0. The van der Waals surface area contributed by atoms with Gasteiger partial charge >= 0.3 is 0 Å². The minimum Gasteiger partial charge on any atom is -0.348 e. The van der Waals surface area contributed by atoms with Crippen LogP contribution < -0.4 is 5.56 Å². The first-order chi connectivity index (χ1) is 15.0. The van der Waals surface area contributed by atoms with Crippen molar-refractivity contribution >= 4 is 11.8 Å². The van der Waals surface area contributed by atoms with Crippen LogP contribution >= 0.6 is 0 Å². The van der Waals surface area contributed by atoms with Crippen LogP contribution in [0.4, 0.5) is 0 Å². The molecule has 2 aromatic heterocycles. The Hall–Kier alpha value is -2.90. The van der Waals surface area contributed by atoms with Crippen LogP contribution in [0.5, 0.6) is 0 Å². The smallest absolute Gasteiger partial charge is 0.274 e. The van der Waals surface area contributed by atoms with Crippen molar-refractivity contribution < 1.29 is 9.59 Å². The summed E-state index contributed by atoms with van der Waals surface area (Å²) in [6.45, 7) is 5.04. The maximum absolute atomic E-state index is 13.3. The molecule has 1 N–H and O–H groups in total. The van der Waals surface area contributed by atoms with E-state index in [1.807, 2.05) is 22.8 Å². The fourth-order valence-electron chi connectivity index (χ4n) is 5.44. The van der Waals surface area contributed by atoms with Gasteiger partial charge in [-0.3, -0.25) is 14.4 Å². The minimum absolute atomic E-state index is 0.0581. The average molecular weight is 424 g/mol. The number of hydrogen-bond donors (Lipinski definition) is 1. The fourth-order valence-corrected chi connectivity index (χ4v) is 5.44. The maximum atomic E-state index is 13.3. The first-order valence-electron chi connectivity index (χ1n) is 11.3. The molecule has 5 rings (SSSR count). The number of nitrogens with zero attached hydrogens (tertiary/aromatic N) is 4. The number of rotatable bonds is 2. The summed E-state index contributed by atoms with van der Waals surface area (Å²) >= 11 is 0. The van der Waals surface area contributed by atoms with E-state index in [4.69, 9.17) is 0 Å². The van der Waals surface area contributed by atoms with Crippen molar-refractivity contribution in [2.75, 3.05) is 26.2 Å². The molecule has 0 radical (unpaired) electrons. The summed E-state index contributed by atoms with van der Waals surface area (Å²) in [5.74, 6) is 0.113. The molecule has 2 amide bonds. The molecule has 3 aliphatic rings. The minimum atomic E-state index is -0.177. The normalized spacial score (nSPS) is 23.3. The highest BCUT2D eigenvalue weighted by atomic mass is 16.2. The highest BCUT2D eigenvalue weighted by Crippen LogP contribution is 2.35. The number of hydrogen-bond acceptors (Lipinski definition) is 4. The molecular weight excluding hydrogens is 394 g/mol. The Labute approximate surface area is 181 Å². The third kappa shape index (κ3) is 3.58. The molecule has 0 unspecified atom stereocenters. The van der Waals surface area contributed by atoms with E-state index in [-0.39, 0.29) is 34.8 Å². The number of pyridine rings is 1. The molecule has 0 aromatic carbocycles. The van der Waals surface area contributed by atoms with Crippen molar-refractivity contribution in [3.8, 4) is 0 Å². The van der Waals surface area contributed by atoms with Crippen LogP contribution in [0.1, 0.15) is 70.3 Å². The number of aromatic nitrogens is 3. The third-order valence-electron chi connectivity index (χ3n) is 7.05. The lowest BCUT2D eigenvalue weighted by atomic mass is 9.82. The molecular formula is C23H29N5O3. The van der Waals surface area contributed by atoms with Crippen LogP contribution in [0.15, 0.2) is 23.3 Å². The second-order valence-corrected chi connectivity index (χ2v) is 9.18. The Morgan fingerprint density at radius 1 is 1.00 bits per heavy atom. The van der Waals surface area contributed by atoms with Crippen molar-refractivity contribution in [2.45, 2.75) is 51.5 Å². The molecule has 164 valence electrons. The zero-order valence-electron chi connectivity index (χ0n) is 18.0. The number of fused-ring (bicyclic) bond motifs is 4. The monoisotopic (exact) mass is 423 g/mol. The molecule has 2 aromatic rings. The number of nitrogens with one attached hydrogen (secondary N) is 1. The molecule has 0 spiro atoms. The summed E-state index contributed by atoms with van der Waals surface area (Å²) in [5.41, 5.74) is 2.28. The SMILES string of the molecule is Cc1[nH]cnc1C(=O)N1C[C@@H]2C[C@H](C1)c1ccc(C(=O)N3CCCCCC3)c(=O)n1C2. The molecule has 0 saturated carbocycles. The van der Waals surface area contributed by atoms with Gasteiger partial charge in [-0.1, -0.05) is 12.8 Å². The average Bonchev–Trinajstić information content (AvgIpc) is 3.02. The number of piperidine rings is 1. The highest BCUT2D eigenvalue weighted by molar-refractivity contribution is 5.94. The Morgan fingerprint density at radius 2 is 1.77 bits per heavy atom. The van der Waals surface area contributed by atoms with Crippen LogP contribution in [0.25, 0.3) is 0 Å². The summed E-state index contributed by atoms with van der Waals surface area (Å²) in [5, 5.41) is 0. The van der Waals surface area contributed by atoms with Crippen molar-refractivity contribution in [1.29, 1.82) is 0 Å². The molecule has 2 saturated heterocycles. The maximum Gasteiger partial charge on any atom is 0.274 e. The predicted molar refractivity (Wildman–Crippen MR) is 115 cm³/mol. The Balaban J connectivity index is 1.40. The number of aryl methyl sites for hydroxylation is 1. The van der Waals surface area contributed by atoms with E-state index in [1.165, 1.54) is 0 Å². The van der Waals surface area contributed by atoms with E-state index in [2.05, 4.69) is 9.97 Å². The van der Waals surface area contributed by atoms with E-state index in [0.717, 1.165) is 56.6 Å². The van der Waals surface area contributed by atoms with E-state index in [1.54, 1.807) is 17.0 Å². The van der Waals surface area contributed by atoms with Gasteiger partial charge in [-0.25, -0.2) is 4.98 Å². The van der Waals surface area contributed by atoms with Gasteiger partial charge in [0.2, 0.25) is 0 Å². The van der Waals surface area contributed by atoms with E-state index >= 15 is 0 Å². The standard InChI is InChI=1S/C23H29N5O3/c1-15-20(25-14-24-15)23(31)27-11-16-10-17(13-27)19-7-6-18(22(30)28(19)12-16)21(29)26-8-4-2-3-5-9-26/h6-7,14,16-17H,2-5,8-13H2,1H3,(H,24,25)/t16-,17+/m0/s1. The van der Waals surface area contributed by atoms with Gasteiger partial charge in [-0.2, -0.15) is 0 Å². The van der Waals surface area contributed by atoms with Gasteiger partial charge in [0, 0.05) is 50.0 Å². The van der Waals surface area contributed by atoms with Crippen molar-refractivity contribution in [3.05, 3.63) is 51.5 Å². The van der Waals surface area contributed by atoms with Crippen LogP contribution in [0.3, 0.4) is 0 Å². The second-order valence-electron chi connectivity index (χ2n) is 9.18. The molecule has 0 aliphatic carbocycles. The number of aromatic amines is 1. The van der Waals surface area contributed by atoms with Crippen molar-refractivity contribution in [1.82, 2.24) is 24.3 Å². The topological polar surface area (TPSA) is 91.3 Å². The molecule has 2 bridgehead atoms. The van der Waals surface area contributed by atoms with E-state index in [0.29, 0.717) is 25.3 Å². The molecule has 2 fully saturated rings. The second kappa shape index (κ2) is 7.98. The van der Waals surface area contributed by atoms with Gasteiger partial charge in [0.25, 0.3) is 17.4 Å². The Kier molecular flexibility index (Phi) is 5.16. The summed E-state index contributed by atoms with van der Waals surface area (Å²) in [6.07, 6.45) is 6.79. The molecule has 5 heterocycles. The number of carbonyl (C=O) groups excluding carboxylic acids is 2. The quantitative estimate of drug-likeness (QED) is 0.801. The molecule has 8 heteroatoms. The van der Waals surface area contributed by atoms with E-state index in [9.17, 15) is 14.4 Å². The molecule has 31 heavy (non-hydrogen) atoms. The van der Waals surface area contributed by atoms with Crippen molar-refractivity contribution in [3.63, 3.8) is 0 Å². The lowest BCUT2D eigenvalue weighted by Gasteiger charge is -2.42. The molecule has 2 atom stereocenters. The van der Waals surface area contributed by atoms with Crippen LogP contribution in [-0.2, 0) is 6.54 Å².